The molecule has 2 unspecified atom stereocenters. The van der Waals surface area contributed by atoms with Crippen LogP contribution in [0.5, 0.6) is 5.75 Å². The van der Waals surface area contributed by atoms with Crippen molar-refractivity contribution in [3.05, 3.63) is 28.2 Å². The third-order valence-electron chi connectivity index (χ3n) is 4.69. The predicted octanol–water partition coefficient (Wildman–Crippen LogP) is 2.69. The van der Waals surface area contributed by atoms with Gasteiger partial charge in [-0.1, -0.05) is 23.2 Å². The molecule has 0 radical (unpaired) electrons. The number of rotatable bonds is 4. The molecule has 1 N–H and O–H groups in total. The van der Waals surface area contributed by atoms with Crippen LogP contribution in [0.4, 0.5) is 0 Å². The molecule has 8 heteroatoms. The first-order valence-electron chi connectivity index (χ1n) is 8.40. The number of hydrogen-bond acceptors (Lipinski definition) is 4. The van der Waals surface area contributed by atoms with Crippen LogP contribution in [0, 0.1) is 0 Å². The molecule has 1 aromatic rings. The Bertz CT molecular complexity index is 597. The van der Waals surface area contributed by atoms with Gasteiger partial charge in [0.05, 0.1) is 5.02 Å². The molecular formula is C17H24Cl3N3O2. The standard InChI is InChI=1S/C17H23Cl2N3O2.ClH/c1-12(24-16-3-2-13(18)10-15(16)19)17(23)22-7-4-14(11-22)21-8-5-20-6-9-21;/h2-3,10,12,14,20H,4-9,11H2,1H3;1H. The van der Waals surface area contributed by atoms with Gasteiger partial charge in [0.1, 0.15) is 5.75 Å². The topological polar surface area (TPSA) is 44.8 Å². The van der Waals surface area contributed by atoms with Gasteiger partial charge in [0.15, 0.2) is 6.10 Å². The van der Waals surface area contributed by atoms with E-state index in [2.05, 4.69) is 10.2 Å². The van der Waals surface area contributed by atoms with Crippen LogP contribution >= 0.6 is 35.6 Å². The fourth-order valence-electron chi connectivity index (χ4n) is 3.36. The predicted molar refractivity (Wildman–Crippen MR) is 103 cm³/mol. The second-order valence-electron chi connectivity index (χ2n) is 6.35. The molecular weight excluding hydrogens is 385 g/mol. The highest BCUT2D eigenvalue weighted by Crippen LogP contribution is 2.29. The lowest BCUT2D eigenvalue weighted by Gasteiger charge is -2.32. The zero-order valence-electron chi connectivity index (χ0n) is 14.2. The molecule has 2 saturated heterocycles. The van der Waals surface area contributed by atoms with Crippen molar-refractivity contribution in [1.29, 1.82) is 0 Å². The maximum Gasteiger partial charge on any atom is 0.263 e. The Morgan fingerprint density at radius 2 is 2.00 bits per heavy atom. The summed E-state index contributed by atoms with van der Waals surface area (Å²) >= 11 is 12.0. The Morgan fingerprint density at radius 1 is 1.28 bits per heavy atom. The number of amides is 1. The lowest BCUT2D eigenvalue weighted by Crippen LogP contribution is -2.50. The highest BCUT2D eigenvalue weighted by Gasteiger charge is 2.33. The van der Waals surface area contributed by atoms with Gasteiger partial charge in [-0.05, 0) is 31.5 Å². The molecule has 0 aromatic heterocycles. The zero-order valence-corrected chi connectivity index (χ0v) is 16.5. The Kier molecular flexibility index (Phi) is 7.65. The second-order valence-corrected chi connectivity index (χ2v) is 7.19. The van der Waals surface area contributed by atoms with Crippen molar-refractivity contribution in [1.82, 2.24) is 15.1 Å². The van der Waals surface area contributed by atoms with E-state index < -0.39 is 6.10 Å². The molecule has 2 aliphatic heterocycles. The molecule has 2 heterocycles. The Labute approximate surface area is 165 Å². The SMILES string of the molecule is CC(Oc1ccc(Cl)cc1Cl)C(=O)N1CCC(N2CCNCC2)C1.Cl. The van der Waals surface area contributed by atoms with Crippen molar-refractivity contribution in [3.8, 4) is 5.75 Å². The minimum atomic E-state index is -0.564. The van der Waals surface area contributed by atoms with Crippen LogP contribution in [0.25, 0.3) is 0 Å². The van der Waals surface area contributed by atoms with Crippen LogP contribution in [0.3, 0.4) is 0 Å². The number of likely N-dealkylation sites (tertiary alicyclic amines) is 1. The van der Waals surface area contributed by atoms with Crippen LogP contribution in [-0.4, -0.2) is 67.1 Å². The normalized spacial score (nSPS) is 22.4. The van der Waals surface area contributed by atoms with Gasteiger partial charge in [-0.15, -0.1) is 12.4 Å². The van der Waals surface area contributed by atoms with Crippen molar-refractivity contribution >= 4 is 41.5 Å². The lowest BCUT2D eigenvalue weighted by atomic mass is 10.2. The van der Waals surface area contributed by atoms with Crippen LogP contribution in [0.2, 0.25) is 10.0 Å². The maximum atomic E-state index is 12.7. The Morgan fingerprint density at radius 3 is 2.68 bits per heavy atom. The quantitative estimate of drug-likeness (QED) is 0.832. The van der Waals surface area contributed by atoms with Gasteiger partial charge in [0.25, 0.3) is 5.91 Å². The van der Waals surface area contributed by atoms with Gasteiger partial charge in [-0.25, -0.2) is 0 Å². The fourth-order valence-corrected chi connectivity index (χ4v) is 3.81. The summed E-state index contributed by atoms with van der Waals surface area (Å²) in [5.74, 6) is 0.499. The number of benzene rings is 1. The van der Waals surface area contributed by atoms with Crippen molar-refractivity contribution < 1.29 is 9.53 Å². The van der Waals surface area contributed by atoms with Crippen molar-refractivity contribution in [2.45, 2.75) is 25.5 Å². The summed E-state index contributed by atoms with van der Waals surface area (Å²) in [6.45, 7) is 7.50. The van der Waals surface area contributed by atoms with Crippen LogP contribution in [0.1, 0.15) is 13.3 Å². The average Bonchev–Trinajstić information content (AvgIpc) is 3.07. The van der Waals surface area contributed by atoms with E-state index in [4.69, 9.17) is 27.9 Å². The smallest absolute Gasteiger partial charge is 0.263 e. The number of ether oxygens (including phenoxy) is 1. The molecule has 1 aromatic carbocycles. The van der Waals surface area contributed by atoms with Gasteiger partial charge in [0.2, 0.25) is 0 Å². The number of nitrogens with one attached hydrogen (secondary N) is 1. The number of piperazine rings is 1. The van der Waals surface area contributed by atoms with Crippen LogP contribution in [0.15, 0.2) is 18.2 Å². The molecule has 140 valence electrons. The maximum absolute atomic E-state index is 12.7. The summed E-state index contributed by atoms with van der Waals surface area (Å²) in [4.78, 5) is 17.0. The summed E-state index contributed by atoms with van der Waals surface area (Å²) in [7, 11) is 0. The van der Waals surface area contributed by atoms with E-state index >= 15 is 0 Å². The van der Waals surface area contributed by atoms with Gasteiger partial charge < -0.3 is 15.0 Å². The van der Waals surface area contributed by atoms with Crippen molar-refractivity contribution in [2.75, 3.05) is 39.3 Å². The highest BCUT2D eigenvalue weighted by molar-refractivity contribution is 6.35. The van der Waals surface area contributed by atoms with Crippen LogP contribution < -0.4 is 10.1 Å². The number of carbonyl (C=O) groups is 1. The van der Waals surface area contributed by atoms with E-state index in [0.717, 1.165) is 45.7 Å². The molecule has 3 rings (SSSR count). The van der Waals surface area contributed by atoms with Gasteiger partial charge in [-0.2, -0.15) is 0 Å². The first-order chi connectivity index (χ1) is 11.5. The lowest BCUT2D eigenvalue weighted by molar-refractivity contribution is -0.137. The number of nitrogens with zero attached hydrogens (tertiary/aromatic N) is 2. The van der Waals surface area contributed by atoms with Gasteiger partial charge in [0, 0.05) is 50.3 Å². The monoisotopic (exact) mass is 407 g/mol. The molecule has 25 heavy (non-hydrogen) atoms. The molecule has 2 aliphatic rings. The first-order valence-corrected chi connectivity index (χ1v) is 9.15. The Balaban J connectivity index is 0.00000225. The highest BCUT2D eigenvalue weighted by atomic mass is 35.5. The summed E-state index contributed by atoms with van der Waals surface area (Å²) in [5, 5.41) is 4.33. The van der Waals surface area contributed by atoms with E-state index in [1.807, 2.05) is 4.90 Å². The number of halogens is 3. The van der Waals surface area contributed by atoms with E-state index in [1.54, 1.807) is 25.1 Å². The van der Waals surface area contributed by atoms with Gasteiger partial charge in [-0.3, -0.25) is 9.69 Å². The minimum Gasteiger partial charge on any atom is -0.479 e. The summed E-state index contributed by atoms with van der Waals surface area (Å²) < 4.78 is 5.75. The number of hydrogen-bond donors (Lipinski definition) is 1. The third kappa shape index (κ3) is 5.14. The zero-order chi connectivity index (χ0) is 17.1. The van der Waals surface area contributed by atoms with Gasteiger partial charge >= 0.3 is 0 Å². The van der Waals surface area contributed by atoms with Crippen LogP contribution in [-0.2, 0) is 4.79 Å². The molecule has 2 atom stereocenters. The molecule has 1 amide bonds. The molecule has 5 nitrogen and oxygen atoms in total. The third-order valence-corrected chi connectivity index (χ3v) is 5.22. The molecule has 2 fully saturated rings. The minimum absolute atomic E-state index is 0. The summed E-state index contributed by atoms with van der Waals surface area (Å²) in [5.41, 5.74) is 0. The summed E-state index contributed by atoms with van der Waals surface area (Å²) in [6, 6.07) is 5.48. The molecule has 0 saturated carbocycles. The van der Waals surface area contributed by atoms with E-state index in [1.165, 1.54) is 0 Å². The van der Waals surface area contributed by atoms with Crippen molar-refractivity contribution in [3.63, 3.8) is 0 Å². The van der Waals surface area contributed by atoms with E-state index in [-0.39, 0.29) is 18.3 Å². The molecule has 0 bridgehead atoms. The Hall–Kier alpha value is -0.720. The van der Waals surface area contributed by atoms with Crippen molar-refractivity contribution in [2.24, 2.45) is 0 Å². The fraction of sp³-hybridized carbons (Fsp3) is 0.588. The molecule has 0 spiro atoms. The average molecular weight is 409 g/mol. The largest absolute Gasteiger partial charge is 0.479 e. The first kappa shape index (κ1) is 20.6. The van der Waals surface area contributed by atoms with E-state index in [0.29, 0.717) is 21.8 Å². The summed E-state index contributed by atoms with van der Waals surface area (Å²) in [6.07, 6.45) is 0.464. The van der Waals surface area contributed by atoms with E-state index in [9.17, 15) is 4.79 Å². The number of carbonyl (C=O) groups excluding carboxylic acids is 1. The second kappa shape index (κ2) is 9.28. The molecule has 0 aliphatic carbocycles.